The summed E-state index contributed by atoms with van der Waals surface area (Å²) in [4.78, 5) is 17.9. The third-order valence-corrected chi connectivity index (χ3v) is 5.72. The molecule has 4 rings (SSSR count). The molecule has 2 heterocycles. The summed E-state index contributed by atoms with van der Waals surface area (Å²) in [6.45, 7) is 2.27. The number of carbonyl (C=O) groups is 1. The number of ether oxygens (including phenoxy) is 1. The highest BCUT2D eigenvalue weighted by atomic mass is 32.1. The number of para-hydroxylation sites is 1. The average Bonchev–Trinajstić information content (AvgIpc) is 3.29. The normalized spacial score (nSPS) is 19.5. The van der Waals surface area contributed by atoms with Gasteiger partial charge < -0.3 is 10.1 Å². The Morgan fingerprint density at radius 1 is 1.42 bits per heavy atom. The number of rotatable bonds is 4. The fourth-order valence-corrected chi connectivity index (χ4v) is 4.16. The summed E-state index contributed by atoms with van der Waals surface area (Å²) in [5.41, 5.74) is 1.48. The van der Waals surface area contributed by atoms with E-state index in [1.54, 1.807) is 12.1 Å². The van der Waals surface area contributed by atoms with Crippen LogP contribution >= 0.6 is 11.3 Å². The van der Waals surface area contributed by atoms with Crippen LogP contribution in [0.25, 0.3) is 0 Å². The van der Waals surface area contributed by atoms with E-state index >= 15 is 0 Å². The number of thiazole rings is 1. The first-order valence-corrected chi connectivity index (χ1v) is 9.12. The van der Waals surface area contributed by atoms with E-state index in [4.69, 9.17) is 4.74 Å². The van der Waals surface area contributed by atoms with Gasteiger partial charge in [-0.2, -0.15) is 0 Å². The van der Waals surface area contributed by atoms with E-state index in [2.05, 4.69) is 10.3 Å². The highest BCUT2D eigenvalue weighted by molar-refractivity contribution is 7.13. The minimum atomic E-state index is -0.382. The first-order valence-electron chi connectivity index (χ1n) is 8.30. The lowest BCUT2D eigenvalue weighted by atomic mass is 10.00. The molecule has 126 valence electrons. The molecular weight excluding hydrogens is 327 g/mol. The SMILES string of the molecule is Cc1nc(CC2CC2)sc1C(=O)NC1CCOc2c(F)cccc21. The first-order chi connectivity index (χ1) is 11.6. The van der Waals surface area contributed by atoms with Crippen molar-refractivity contribution in [3.8, 4) is 5.75 Å². The second-order valence-electron chi connectivity index (χ2n) is 6.49. The van der Waals surface area contributed by atoms with Crippen molar-refractivity contribution in [3.05, 3.63) is 45.2 Å². The Morgan fingerprint density at radius 3 is 3.04 bits per heavy atom. The van der Waals surface area contributed by atoms with Crippen LogP contribution in [0.4, 0.5) is 4.39 Å². The second kappa shape index (κ2) is 6.16. The maximum Gasteiger partial charge on any atom is 0.263 e. The van der Waals surface area contributed by atoms with Crippen LogP contribution in [0, 0.1) is 18.7 Å². The summed E-state index contributed by atoms with van der Waals surface area (Å²) in [6, 6.07) is 4.60. The number of carbonyl (C=O) groups excluding carboxylic acids is 1. The molecule has 1 aliphatic carbocycles. The van der Waals surface area contributed by atoms with Gasteiger partial charge in [-0.05, 0) is 31.7 Å². The monoisotopic (exact) mass is 346 g/mol. The Bertz CT molecular complexity index is 785. The number of aryl methyl sites for hydroxylation is 1. The smallest absolute Gasteiger partial charge is 0.263 e. The van der Waals surface area contributed by atoms with E-state index in [0.29, 0.717) is 23.5 Å². The Balaban J connectivity index is 1.53. The van der Waals surface area contributed by atoms with Crippen LogP contribution in [0.15, 0.2) is 18.2 Å². The summed E-state index contributed by atoms with van der Waals surface area (Å²) in [5, 5.41) is 4.07. The van der Waals surface area contributed by atoms with Crippen molar-refractivity contribution >= 4 is 17.2 Å². The molecule has 1 saturated carbocycles. The Morgan fingerprint density at radius 2 is 2.25 bits per heavy atom. The quantitative estimate of drug-likeness (QED) is 0.916. The van der Waals surface area contributed by atoms with Gasteiger partial charge in [0.05, 0.1) is 23.4 Å². The van der Waals surface area contributed by atoms with Gasteiger partial charge in [0.15, 0.2) is 11.6 Å². The van der Waals surface area contributed by atoms with Crippen molar-refractivity contribution in [2.24, 2.45) is 5.92 Å². The predicted molar refractivity (Wildman–Crippen MR) is 90.0 cm³/mol. The molecule has 24 heavy (non-hydrogen) atoms. The van der Waals surface area contributed by atoms with Crippen molar-refractivity contribution < 1.29 is 13.9 Å². The van der Waals surface area contributed by atoms with Gasteiger partial charge in [-0.3, -0.25) is 4.79 Å². The van der Waals surface area contributed by atoms with E-state index in [9.17, 15) is 9.18 Å². The molecule has 1 amide bonds. The van der Waals surface area contributed by atoms with Crippen LogP contribution in [0.1, 0.15) is 51.2 Å². The molecule has 1 fully saturated rings. The third kappa shape index (κ3) is 3.02. The number of benzene rings is 1. The predicted octanol–water partition coefficient (Wildman–Crippen LogP) is 3.80. The number of fused-ring (bicyclic) bond motifs is 1. The Kier molecular flexibility index (Phi) is 4.00. The fraction of sp³-hybridized carbons (Fsp3) is 0.444. The highest BCUT2D eigenvalue weighted by Gasteiger charge is 2.28. The van der Waals surface area contributed by atoms with Crippen LogP contribution in [-0.4, -0.2) is 17.5 Å². The molecule has 0 radical (unpaired) electrons. The average molecular weight is 346 g/mol. The number of hydrogen-bond donors (Lipinski definition) is 1. The van der Waals surface area contributed by atoms with Crippen LogP contribution in [0.3, 0.4) is 0 Å². The standard InChI is InChI=1S/C18H19FN2O2S/c1-10-17(24-15(20-10)9-11-5-6-11)18(22)21-14-7-8-23-16-12(14)3-2-4-13(16)19/h2-4,11,14H,5-9H2,1H3,(H,21,22). The zero-order chi connectivity index (χ0) is 16.7. The Hall–Kier alpha value is -1.95. The molecule has 0 bridgehead atoms. The fourth-order valence-electron chi connectivity index (χ4n) is 3.08. The van der Waals surface area contributed by atoms with Gasteiger partial charge in [0.2, 0.25) is 0 Å². The van der Waals surface area contributed by atoms with E-state index in [0.717, 1.165) is 23.0 Å². The second-order valence-corrected chi connectivity index (χ2v) is 7.57. The number of hydrogen-bond acceptors (Lipinski definition) is 4. The lowest BCUT2D eigenvalue weighted by Gasteiger charge is -2.26. The molecule has 1 aromatic heterocycles. The number of nitrogens with one attached hydrogen (secondary N) is 1. The minimum Gasteiger partial charge on any atom is -0.490 e. The molecule has 1 aliphatic heterocycles. The maximum atomic E-state index is 13.9. The zero-order valence-corrected chi connectivity index (χ0v) is 14.3. The number of halogens is 1. The van der Waals surface area contributed by atoms with Crippen LogP contribution in [0.5, 0.6) is 5.75 Å². The molecule has 6 heteroatoms. The molecule has 1 N–H and O–H groups in total. The third-order valence-electron chi connectivity index (χ3n) is 4.54. The summed E-state index contributed by atoms with van der Waals surface area (Å²) in [6.07, 6.45) is 4.15. The molecule has 1 unspecified atom stereocenters. The minimum absolute atomic E-state index is 0.130. The number of aromatic nitrogens is 1. The molecular formula is C18H19FN2O2S. The summed E-state index contributed by atoms with van der Waals surface area (Å²) in [5.74, 6) is 0.489. The van der Waals surface area contributed by atoms with Crippen LogP contribution < -0.4 is 10.1 Å². The topological polar surface area (TPSA) is 51.2 Å². The van der Waals surface area contributed by atoms with Gasteiger partial charge in [0.25, 0.3) is 5.91 Å². The van der Waals surface area contributed by atoms with Crippen LogP contribution in [0.2, 0.25) is 0 Å². The van der Waals surface area contributed by atoms with Gasteiger partial charge in [-0.25, -0.2) is 9.37 Å². The van der Waals surface area contributed by atoms with Crippen molar-refractivity contribution in [1.29, 1.82) is 0 Å². The summed E-state index contributed by atoms with van der Waals surface area (Å²) in [7, 11) is 0. The lowest BCUT2D eigenvalue weighted by Crippen LogP contribution is -2.32. The summed E-state index contributed by atoms with van der Waals surface area (Å²) >= 11 is 1.48. The number of nitrogens with zero attached hydrogens (tertiary/aromatic N) is 1. The van der Waals surface area contributed by atoms with E-state index in [1.807, 2.05) is 6.92 Å². The van der Waals surface area contributed by atoms with Crippen molar-refractivity contribution in [2.75, 3.05) is 6.61 Å². The van der Waals surface area contributed by atoms with Gasteiger partial charge >= 0.3 is 0 Å². The van der Waals surface area contributed by atoms with Crippen molar-refractivity contribution in [2.45, 2.75) is 38.6 Å². The molecule has 1 atom stereocenters. The zero-order valence-electron chi connectivity index (χ0n) is 13.5. The number of amides is 1. The largest absolute Gasteiger partial charge is 0.490 e. The molecule has 2 aromatic rings. The lowest BCUT2D eigenvalue weighted by molar-refractivity contribution is 0.0927. The van der Waals surface area contributed by atoms with Gasteiger partial charge in [0, 0.05) is 18.4 Å². The van der Waals surface area contributed by atoms with E-state index in [1.165, 1.54) is 30.2 Å². The van der Waals surface area contributed by atoms with E-state index in [-0.39, 0.29) is 23.5 Å². The van der Waals surface area contributed by atoms with Gasteiger partial charge in [0.1, 0.15) is 4.88 Å². The Labute approximate surface area is 144 Å². The summed E-state index contributed by atoms with van der Waals surface area (Å²) < 4.78 is 19.3. The van der Waals surface area contributed by atoms with E-state index < -0.39 is 0 Å². The first kappa shape index (κ1) is 15.6. The van der Waals surface area contributed by atoms with Crippen molar-refractivity contribution in [1.82, 2.24) is 10.3 Å². The van der Waals surface area contributed by atoms with Gasteiger partial charge in [-0.1, -0.05) is 12.1 Å². The molecule has 0 spiro atoms. The molecule has 1 aromatic carbocycles. The molecule has 4 nitrogen and oxygen atoms in total. The van der Waals surface area contributed by atoms with Crippen LogP contribution in [-0.2, 0) is 6.42 Å². The highest BCUT2D eigenvalue weighted by Crippen LogP contribution is 2.36. The molecule has 2 aliphatic rings. The molecule has 0 saturated heterocycles. The van der Waals surface area contributed by atoms with Gasteiger partial charge in [-0.15, -0.1) is 11.3 Å². The van der Waals surface area contributed by atoms with Crippen molar-refractivity contribution in [3.63, 3.8) is 0 Å². The maximum absolute atomic E-state index is 13.9.